The van der Waals surface area contributed by atoms with Crippen molar-refractivity contribution in [1.82, 2.24) is 0 Å². The maximum Gasteiger partial charge on any atom is 0.127 e. The fraction of sp³-hybridized carbons (Fsp3) is 0.118. The molecule has 3 nitrogen and oxygen atoms in total. The molecular weight excluding hydrogens is 284 g/mol. The Morgan fingerprint density at radius 3 is 2.52 bits per heavy atom. The van der Waals surface area contributed by atoms with Crippen LogP contribution in [0.25, 0.3) is 0 Å². The summed E-state index contributed by atoms with van der Waals surface area (Å²) in [7, 11) is 0. The Bertz CT molecular complexity index is 648. The lowest BCUT2D eigenvalue weighted by Crippen LogP contribution is -1.91. The minimum atomic E-state index is 0.491. The molecule has 2 rings (SSSR count). The summed E-state index contributed by atoms with van der Waals surface area (Å²) >= 11 is 5.99. The number of aliphatic imine (C=N–C) groups is 1. The minimum absolute atomic E-state index is 0.491. The number of hydrogen-bond donors (Lipinski definition) is 1. The van der Waals surface area contributed by atoms with E-state index in [9.17, 15) is 0 Å². The van der Waals surface area contributed by atoms with Gasteiger partial charge in [-0.2, -0.15) is 0 Å². The Morgan fingerprint density at radius 1 is 1.14 bits per heavy atom. The predicted molar refractivity (Wildman–Crippen MR) is 88.5 cm³/mol. The predicted octanol–water partition coefficient (Wildman–Crippen LogP) is 4.33. The van der Waals surface area contributed by atoms with Gasteiger partial charge in [0, 0.05) is 24.0 Å². The van der Waals surface area contributed by atoms with Crippen LogP contribution in [-0.4, -0.2) is 12.8 Å². The van der Waals surface area contributed by atoms with Gasteiger partial charge in [0.2, 0.25) is 0 Å². The molecule has 0 aliphatic rings. The van der Waals surface area contributed by atoms with Gasteiger partial charge in [-0.15, -0.1) is 0 Å². The maximum atomic E-state index is 5.99. The molecule has 4 heteroatoms. The van der Waals surface area contributed by atoms with E-state index in [1.54, 1.807) is 18.5 Å². The normalized spacial score (nSPS) is 11.4. The molecule has 0 unspecified atom stereocenters. The van der Waals surface area contributed by atoms with Crippen LogP contribution in [0.15, 0.2) is 59.7 Å². The minimum Gasteiger partial charge on any atom is -0.457 e. The second kappa shape index (κ2) is 7.62. The average molecular weight is 301 g/mol. The van der Waals surface area contributed by atoms with E-state index in [4.69, 9.17) is 22.1 Å². The van der Waals surface area contributed by atoms with Gasteiger partial charge in [0.1, 0.15) is 11.5 Å². The zero-order valence-electron chi connectivity index (χ0n) is 11.8. The van der Waals surface area contributed by atoms with Gasteiger partial charge in [-0.05, 0) is 60.5 Å². The van der Waals surface area contributed by atoms with Crippen molar-refractivity contribution in [3.63, 3.8) is 0 Å². The summed E-state index contributed by atoms with van der Waals surface area (Å²) in [6.07, 6.45) is 5.24. The van der Waals surface area contributed by atoms with Crippen molar-refractivity contribution < 1.29 is 4.74 Å². The molecule has 2 aromatic rings. The molecule has 21 heavy (non-hydrogen) atoms. The van der Waals surface area contributed by atoms with Gasteiger partial charge in [0.25, 0.3) is 0 Å². The highest BCUT2D eigenvalue weighted by Crippen LogP contribution is 2.25. The third kappa shape index (κ3) is 4.74. The lowest BCUT2D eigenvalue weighted by Gasteiger charge is -2.07. The van der Waals surface area contributed by atoms with E-state index in [0.717, 1.165) is 27.6 Å². The highest BCUT2D eigenvalue weighted by Gasteiger charge is 2.00. The van der Waals surface area contributed by atoms with E-state index >= 15 is 0 Å². The SMILES string of the molecule is Cc1cc(Oc2ccc(C=N/C=C/CN)cc2)ccc1Cl. The summed E-state index contributed by atoms with van der Waals surface area (Å²) in [5.41, 5.74) is 7.32. The topological polar surface area (TPSA) is 47.6 Å². The number of halogens is 1. The molecule has 0 spiro atoms. The lowest BCUT2D eigenvalue weighted by molar-refractivity contribution is 0.482. The first-order chi connectivity index (χ1) is 10.2. The molecule has 0 saturated carbocycles. The maximum absolute atomic E-state index is 5.99. The summed E-state index contributed by atoms with van der Waals surface area (Å²) in [5.74, 6) is 1.54. The first-order valence-electron chi connectivity index (χ1n) is 6.61. The van der Waals surface area contributed by atoms with E-state index in [0.29, 0.717) is 6.54 Å². The van der Waals surface area contributed by atoms with Crippen LogP contribution in [0.2, 0.25) is 5.02 Å². The van der Waals surface area contributed by atoms with E-state index in [1.165, 1.54) is 0 Å². The number of ether oxygens (including phenoxy) is 1. The van der Waals surface area contributed by atoms with Gasteiger partial charge in [-0.25, -0.2) is 0 Å². The Morgan fingerprint density at radius 2 is 1.86 bits per heavy atom. The monoisotopic (exact) mass is 300 g/mol. The third-order valence-corrected chi connectivity index (χ3v) is 3.22. The molecule has 2 N–H and O–H groups in total. The van der Waals surface area contributed by atoms with Crippen molar-refractivity contribution in [2.24, 2.45) is 10.7 Å². The van der Waals surface area contributed by atoms with Crippen LogP contribution in [0, 0.1) is 6.92 Å². The number of nitrogens with two attached hydrogens (primary N) is 1. The van der Waals surface area contributed by atoms with Crippen LogP contribution < -0.4 is 10.5 Å². The summed E-state index contributed by atoms with van der Waals surface area (Å²) in [5, 5.41) is 0.736. The number of nitrogens with zero attached hydrogens (tertiary/aromatic N) is 1. The number of hydrogen-bond acceptors (Lipinski definition) is 3. The van der Waals surface area contributed by atoms with Crippen molar-refractivity contribution in [2.75, 3.05) is 6.54 Å². The highest BCUT2D eigenvalue weighted by molar-refractivity contribution is 6.31. The van der Waals surface area contributed by atoms with E-state index < -0.39 is 0 Å². The van der Waals surface area contributed by atoms with Crippen molar-refractivity contribution in [3.05, 3.63) is 70.9 Å². The number of aryl methyl sites for hydroxylation is 1. The zero-order valence-corrected chi connectivity index (χ0v) is 12.5. The number of benzene rings is 2. The summed E-state index contributed by atoms with van der Waals surface area (Å²) in [4.78, 5) is 4.13. The summed E-state index contributed by atoms with van der Waals surface area (Å²) in [6.45, 7) is 2.44. The van der Waals surface area contributed by atoms with Gasteiger partial charge in [-0.1, -0.05) is 17.7 Å². The smallest absolute Gasteiger partial charge is 0.127 e. The molecule has 0 aromatic heterocycles. The van der Waals surface area contributed by atoms with Crippen molar-refractivity contribution >= 4 is 17.8 Å². The van der Waals surface area contributed by atoms with Crippen LogP contribution in [0.5, 0.6) is 11.5 Å². The molecule has 108 valence electrons. The van der Waals surface area contributed by atoms with Crippen LogP contribution >= 0.6 is 11.6 Å². The average Bonchev–Trinajstić information content (AvgIpc) is 2.49. The Kier molecular flexibility index (Phi) is 5.55. The Hall–Kier alpha value is -2.10. The van der Waals surface area contributed by atoms with E-state index in [2.05, 4.69) is 4.99 Å². The summed E-state index contributed by atoms with van der Waals surface area (Å²) < 4.78 is 5.78. The van der Waals surface area contributed by atoms with Gasteiger partial charge < -0.3 is 10.5 Å². The quantitative estimate of drug-likeness (QED) is 0.835. The Labute approximate surface area is 129 Å². The first-order valence-corrected chi connectivity index (χ1v) is 6.99. The van der Waals surface area contributed by atoms with Crippen LogP contribution in [-0.2, 0) is 0 Å². The highest BCUT2D eigenvalue weighted by atomic mass is 35.5. The van der Waals surface area contributed by atoms with Gasteiger partial charge >= 0.3 is 0 Å². The first kappa shape index (κ1) is 15.3. The molecule has 0 saturated heterocycles. The second-order valence-corrected chi connectivity index (χ2v) is 4.89. The molecule has 0 bridgehead atoms. The largest absolute Gasteiger partial charge is 0.457 e. The van der Waals surface area contributed by atoms with E-state index in [1.807, 2.05) is 49.4 Å². The van der Waals surface area contributed by atoms with E-state index in [-0.39, 0.29) is 0 Å². The lowest BCUT2D eigenvalue weighted by atomic mass is 10.2. The second-order valence-electron chi connectivity index (χ2n) is 4.48. The number of rotatable bonds is 5. The molecular formula is C17H17ClN2O. The molecule has 0 fully saturated rings. The standard InChI is InChI=1S/C17H17ClN2O/c1-13-11-16(7-8-17(13)18)21-15-5-3-14(4-6-15)12-20-10-2-9-19/h2-8,10-12H,9,19H2,1H3/b10-2+,20-12?. The van der Waals surface area contributed by atoms with Crippen molar-refractivity contribution in [2.45, 2.75) is 6.92 Å². The molecule has 0 amide bonds. The summed E-state index contributed by atoms with van der Waals surface area (Å²) in [6, 6.07) is 13.3. The zero-order chi connectivity index (χ0) is 15.1. The molecule has 0 atom stereocenters. The molecule has 0 heterocycles. The van der Waals surface area contributed by atoms with Gasteiger partial charge in [-0.3, -0.25) is 4.99 Å². The fourth-order valence-electron chi connectivity index (χ4n) is 1.69. The third-order valence-electron chi connectivity index (χ3n) is 2.80. The molecule has 0 aliphatic carbocycles. The fourth-order valence-corrected chi connectivity index (χ4v) is 1.81. The van der Waals surface area contributed by atoms with Crippen LogP contribution in [0.1, 0.15) is 11.1 Å². The van der Waals surface area contributed by atoms with Gasteiger partial charge in [0.05, 0.1) is 0 Å². The molecule has 0 radical (unpaired) electrons. The van der Waals surface area contributed by atoms with Crippen LogP contribution in [0.4, 0.5) is 0 Å². The molecule has 2 aromatic carbocycles. The van der Waals surface area contributed by atoms with Gasteiger partial charge in [0.15, 0.2) is 0 Å². The van der Waals surface area contributed by atoms with Crippen molar-refractivity contribution in [3.8, 4) is 11.5 Å². The Balaban J connectivity index is 2.03. The van der Waals surface area contributed by atoms with Crippen molar-refractivity contribution in [1.29, 1.82) is 0 Å². The molecule has 0 aliphatic heterocycles. The van der Waals surface area contributed by atoms with Crippen LogP contribution in [0.3, 0.4) is 0 Å².